The van der Waals surface area contributed by atoms with E-state index in [1.807, 2.05) is 18.2 Å². The fourth-order valence-electron chi connectivity index (χ4n) is 3.75. The summed E-state index contributed by atoms with van der Waals surface area (Å²) in [5.41, 5.74) is 2.34. The van der Waals surface area contributed by atoms with Crippen molar-refractivity contribution in [2.75, 3.05) is 0 Å². The number of carbonyl (C=O) groups excluding carboxylic acids is 1. The van der Waals surface area contributed by atoms with Gasteiger partial charge in [0.2, 0.25) is 0 Å². The molecule has 2 aromatic carbocycles. The molecule has 0 saturated carbocycles. The lowest BCUT2D eigenvalue weighted by Gasteiger charge is -2.26. The topological polar surface area (TPSA) is 76.4 Å². The molecule has 3 aromatic rings. The van der Waals surface area contributed by atoms with Gasteiger partial charge in [-0.2, -0.15) is 0 Å². The van der Waals surface area contributed by atoms with E-state index in [0.29, 0.717) is 0 Å². The smallest absolute Gasteiger partial charge is 0.287 e. The molecule has 5 nitrogen and oxygen atoms in total. The van der Waals surface area contributed by atoms with Crippen LogP contribution < -0.4 is 5.32 Å². The molecule has 156 valence electrons. The molecule has 8 heteroatoms. The molecule has 1 aliphatic carbocycles. The van der Waals surface area contributed by atoms with Crippen molar-refractivity contribution >= 4 is 38.9 Å². The second-order valence-corrected chi connectivity index (χ2v) is 9.93. The fourth-order valence-corrected chi connectivity index (χ4v) is 6.26. The molecule has 1 aromatic heterocycles. The summed E-state index contributed by atoms with van der Waals surface area (Å²) in [6.45, 7) is 0. The molecule has 0 saturated heterocycles. The van der Waals surface area contributed by atoms with E-state index in [-0.39, 0.29) is 38.4 Å². The summed E-state index contributed by atoms with van der Waals surface area (Å²) in [5.74, 6) is -0.625. The van der Waals surface area contributed by atoms with Crippen molar-refractivity contribution in [1.82, 2.24) is 5.32 Å². The number of hydrogen-bond acceptors (Lipinski definition) is 4. The minimum absolute atomic E-state index is 0.0444. The number of halogens is 2. The van der Waals surface area contributed by atoms with Gasteiger partial charge in [-0.25, -0.2) is 8.42 Å². The Kier molecular flexibility index (Phi) is 5.91. The van der Waals surface area contributed by atoms with Gasteiger partial charge < -0.3 is 9.73 Å². The molecule has 1 N–H and O–H groups in total. The lowest BCUT2D eigenvalue weighted by Crippen LogP contribution is -2.30. The monoisotopic (exact) mass is 463 g/mol. The first-order valence-corrected chi connectivity index (χ1v) is 11.9. The number of fused-ring (bicyclic) bond motifs is 1. The molecule has 0 fully saturated rings. The highest BCUT2D eigenvalue weighted by Crippen LogP contribution is 2.32. The summed E-state index contributed by atoms with van der Waals surface area (Å²) in [6.07, 6.45) is 2.83. The number of furan rings is 1. The molecule has 0 spiro atoms. The highest BCUT2D eigenvalue weighted by Gasteiger charge is 2.26. The van der Waals surface area contributed by atoms with E-state index in [1.54, 1.807) is 6.07 Å². The van der Waals surface area contributed by atoms with Crippen LogP contribution in [0.5, 0.6) is 0 Å². The third kappa shape index (κ3) is 4.26. The SMILES string of the molecule is O=C(N[C@H]1CCCc2ccccc21)c1ccc(CS(=O)(=O)c2c(Cl)cccc2Cl)o1. The minimum Gasteiger partial charge on any atom is -0.455 e. The highest BCUT2D eigenvalue weighted by molar-refractivity contribution is 7.90. The Morgan fingerprint density at radius 2 is 1.77 bits per heavy atom. The Bertz CT molecular complexity index is 1180. The van der Waals surface area contributed by atoms with E-state index < -0.39 is 15.6 Å². The van der Waals surface area contributed by atoms with Crippen molar-refractivity contribution in [1.29, 1.82) is 0 Å². The van der Waals surface area contributed by atoms with Crippen LogP contribution in [0.1, 0.15) is 46.3 Å². The molecule has 1 heterocycles. The van der Waals surface area contributed by atoms with E-state index in [4.69, 9.17) is 27.6 Å². The number of aryl methyl sites for hydroxylation is 1. The quantitative estimate of drug-likeness (QED) is 0.551. The van der Waals surface area contributed by atoms with Crippen LogP contribution in [0.2, 0.25) is 10.0 Å². The third-order valence-corrected chi connectivity index (χ3v) is 7.70. The summed E-state index contributed by atoms with van der Waals surface area (Å²) in [4.78, 5) is 12.5. The summed E-state index contributed by atoms with van der Waals surface area (Å²) in [6, 6.07) is 15.4. The molecule has 1 amide bonds. The van der Waals surface area contributed by atoms with Crippen LogP contribution in [-0.2, 0) is 22.0 Å². The molecule has 1 atom stereocenters. The number of rotatable bonds is 5. The molecule has 1 aliphatic rings. The Morgan fingerprint density at radius 1 is 1.03 bits per heavy atom. The second kappa shape index (κ2) is 8.46. The van der Waals surface area contributed by atoms with Crippen molar-refractivity contribution < 1.29 is 17.6 Å². The fraction of sp³-hybridized carbons (Fsp3) is 0.227. The first-order valence-electron chi connectivity index (χ1n) is 9.49. The third-order valence-electron chi connectivity index (χ3n) is 5.12. The van der Waals surface area contributed by atoms with Gasteiger partial charge in [0.05, 0.1) is 16.1 Å². The van der Waals surface area contributed by atoms with Gasteiger partial charge in [-0.1, -0.05) is 53.5 Å². The maximum Gasteiger partial charge on any atom is 0.287 e. The number of sulfone groups is 1. The molecule has 0 aliphatic heterocycles. The van der Waals surface area contributed by atoms with Gasteiger partial charge in [0.1, 0.15) is 16.4 Å². The van der Waals surface area contributed by atoms with E-state index in [9.17, 15) is 13.2 Å². The molecule has 0 unspecified atom stereocenters. The maximum absolute atomic E-state index is 12.7. The summed E-state index contributed by atoms with van der Waals surface area (Å²) in [7, 11) is -3.84. The van der Waals surface area contributed by atoms with Crippen LogP contribution in [0.4, 0.5) is 0 Å². The van der Waals surface area contributed by atoms with Crippen molar-refractivity contribution in [2.45, 2.75) is 36.0 Å². The van der Waals surface area contributed by atoms with Crippen molar-refractivity contribution in [3.05, 3.63) is 87.3 Å². The van der Waals surface area contributed by atoms with Gasteiger partial charge in [0, 0.05) is 0 Å². The Labute approximate surface area is 184 Å². The number of nitrogens with one attached hydrogen (secondary N) is 1. The van der Waals surface area contributed by atoms with Crippen LogP contribution in [0.15, 0.2) is 63.9 Å². The van der Waals surface area contributed by atoms with Gasteiger partial charge in [-0.3, -0.25) is 4.79 Å². The van der Waals surface area contributed by atoms with Gasteiger partial charge in [-0.15, -0.1) is 0 Å². The molecular weight excluding hydrogens is 445 g/mol. The zero-order valence-corrected chi connectivity index (χ0v) is 18.2. The van der Waals surface area contributed by atoms with Crippen LogP contribution in [-0.4, -0.2) is 14.3 Å². The molecular formula is C22H19Cl2NO4S. The number of amides is 1. The Hall–Kier alpha value is -2.28. The van der Waals surface area contributed by atoms with Gasteiger partial charge >= 0.3 is 0 Å². The predicted octanol–water partition coefficient (Wildman–Crippen LogP) is 5.37. The first-order chi connectivity index (χ1) is 14.3. The average molecular weight is 464 g/mol. The lowest BCUT2D eigenvalue weighted by molar-refractivity contribution is 0.0903. The Morgan fingerprint density at radius 3 is 2.53 bits per heavy atom. The van der Waals surface area contributed by atoms with Crippen LogP contribution in [0.25, 0.3) is 0 Å². The van der Waals surface area contributed by atoms with Gasteiger partial charge in [0.25, 0.3) is 5.91 Å². The molecule has 0 bridgehead atoms. The summed E-state index contributed by atoms with van der Waals surface area (Å²) in [5, 5.41) is 3.08. The number of hydrogen-bond donors (Lipinski definition) is 1. The average Bonchev–Trinajstić information content (AvgIpc) is 3.16. The number of benzene rings is 2. The maximum atomic E-state index is 12.7. The minimum atomic E-state index is -3.84. The highest BCUT2D eigenvalue weighted by atomic mass is 35.5. The van der Waals surface area contributed by atoms with Crippen LogP contribution >= 0.6 is 23.2 Å². The predicted molar refractivity (Wildman–Crippen MR) is 116 cm³/mol. The van der Waals surface area contributed by atoms with Gasteiger partial charge in [-0.05, 0) is 54.7 Å². The van der Waals surface area contributed by atoms with Gasteiger partial charge in [0.15, 0.2) is 15.6 Å². The number of carbonyl (C=O) groups is 1. The summed E-state index contributed by atoms with van der Waals surface area (Å²) >= 11 is 12.1. The largest absolute Gasteiger partial charge is 0.455 e. The molecule has 4 rings (SSSR count). The van der Waals surface area contributed by atoms with E-state index in [2.05, 4.69) is 11.4 Å². The van der Waals surface area contributed by atoms with Crippen molar-refractivity contribution in [3.63, 3.8) is 0 Å². The normalized spacial score (nSPS) is 16.1. The standard InChI is InChI=1S/C22H19Cl2NO4S/c23-17-8-4-9-18(24)21(17)30(27,28)13-15-11-12-20(29-15)22(26)25-19-10-3-6-14-5-1-2-7-16(14)19/h1-2,4-5,7-9,11-12,19H,3,6,10,13H2,(H,25,26)/t19-/m0/s1. The zero-order valence-electron chi connectivity index (χ0n) is 15.9. The Balaban J connectivity index is 1.50. The van der Waals surface area contributed by atoms with E-state index in [1.165, 1.54) is 29.8 Å². The second-order valence-electron chi connectivity index (χ2n) is 7.19. The van der Waals surface area contributed by atoms with E-state index in [0.717, 1.165) is 24.8 Å². The molecule has 30 heavy (non-hydrogen) atoms. The lowest BCUT2D eigenvalue weighted by atomic mass is 9.88. The van der Waals surface area contributed by atoms with E-state index >= 15 is 0 Å². The van der Waals surface area contributed by atoms with Crippen molar-refractivity contribution in [2.24, 2.45) is 0 Å². The first kappa shape index (κ1) is 21.0. The summed E-state index contributed by atoms with van der Waals surface area (Å²) < 4.78 is 31.0. The van der Waals surface area contributed by atoms with Crippen LogP contribution in [0, 0.1) is 0 Å². The zero-order chi connectivity index (χ0) is 21.3. The van der Waals surface area contributed by atoms with Crippen molar-refractivity contribution in [3.8, 4) is 0 Å². The van der Waals surface area contributed by atoms with Crippen LogP contribution in [0.3, 0.4) is 0 Å². The molecule has 0 radical (unpaired) electrons.